The van der Waals surface area contributed by atoms with E-state index in [0.29, 0.717) is 24.9 Å². The fourth-order valence-corrected chi connectivity index (χ4v) is 5.15. The van der Waals surface area contributed by atoms with E-state index in [0.717, 1.165) is 45.8 Å². The van der Waals surface area contributed by atoms with Crippen LogP contribution in [0.3, 0.4) is 0 Å². The lowest BCUT2D eigenvalue weighted by atomic mass is 9.89. The predicted octanol–water partition coefficient (Wildman–Crippen LogP) is 2.91. The summed E-state index contributed by atoms with van der Waals surface area (Å²) in [5, 5.41) is 4.34. The average molecular weight is 471 g/mol. The molecule has 1 aromatic carbocycles. The molecule has 0 unspecified atom stereocenters. The summed E-state index contributed by atoms with van der Waals surface area (Å²) in [6.45, 7) is 7.61. The smallest absolute Gasteiger partial charge is 0.236 e. The summed E-state index contributed by atoms with van der Waals surface area (Å²) >= 11 is 1.75. The number of carbonyl (C=O) groups excluding carboxylic acids is 1. The number of nitrogens with zero attached hydrogens (tertiary/aromatic N) is 3. The number of likely N-dealkylation sites (tertiary alicyclic amines) is 1. The van der Waals surface area contributed by atoms with Crippen molar-refractivity contribution in [1.29, 1.82) is 0 Å². The maximum absolute atomic E-state index is 12.9. The second kappa shape index (κ2) is 12.0. The Morgan fingerprint density at radius 2 is 1.73 bits per heavy atom. The molecule has 30 heavy (non-hydrogen) atoms. The first-order chi connectivity index (χ1) is 13.7. The highest BCUT2D eigenvalue weighted by Gasteiger charge is 2.34. The number of carbonyl (C=O) groups is 1. The molecule has 0 aliphatic carbocycles. The van der Waals surface area contributed by atoms with Gasteiger partial charge in [0.05, 0.1) is 6.54 Å². The molecule has 2 saturated heterocycles. The lowest BCUT2D eigenvalue weighted by molar-refractivity contribution is -0.134. The third kappa shape index (κ3) is 6.19. The molecule has 2 atom stereocenters. The minimum Gasteiger partial charge on any atom is -0.339 e. The van der Waals surface area contributed by atoms with E-state index in [2.05, 4.69) is 57.0 Å². The van der Waals surface area contributed by atoms with Crippen LogP contribution in [0.25, 0.3) is 0 Å². The Labute approximate surface area is 196 Å². The summed E-state index contributed by atoms with van der Waals surface area (Å²) in [6.07, 6.45) is 0. The largest absolute Gasteiger partial charge is 0.339 e. The average Bonchev–Trinajstić information content (AvgIpc) is 3.39. The van der Waals surface area contributed by atoms with Crippen LogP contribution in [0, 0.1) is 5.92 Å². The number of rotatable bonds is 6. The molecule has 3 heterocycles. The molecule has 166 valence electrons. The van der Waals surface area contributed by atoms with E-state index in [1.165, 1.54) is 11.1 Å². The summed E-state index contributed by atoms with van der Waals surface area (Å²) in [5.74, 6) is 1.12. The van der Waals surface area contributed by atoms with E-state index in [1.807, 2.05) is 4.90 Å². The minimum absolute atomic E-state index is 0. The van der Waals surface area contributed by atoms with Crippen molar-refractivity contribution in [3.63, 3.8) is 0 Å². The molecule has 8 heteroatoms. The van der Waals surface area contributed by atoms with Crippen LogP contribution in [0.4, 0.5) is 0 Å². The lowest BCUT2D eigenvalue weighted by Gasteiger charge is -2.35. The number of hydrogen-bond donors (Lipinski definition) is 1. The van der Waals surface area contributed by atoms with Gasteiger partial charge < -0.3 is 10.6 Å². The van der Waals surface area contributed by atoms with Crippen molar-refractivity contribution < 1.29 is 4.79 Å². The van der Waals surface area contributed by atoms with Crippen molar-refractivity contribution >= 4 is 42.1 Å². The van der Waals surface area contributed by atoms with Crippen molar-refractivity contribution in [2.24, 2.45) is 11.7 Å². The normalized spacial score (nSPS) is 22.4. The molecule has 2 aromatic rings. The number of piperazine rings is 1. The predicted molar refractivity (Wildman–Crippen MR) is 129 cm³/mol. The summed E-state index contributed by atoms with van der Waals surface area (Å²) in [4.78, 5) is 19.6. The molecule has 2 aliphatic rings. The molecular formula is C22H32Cl2N4OS. The molecule has 5 nitrogen and oxygen atoms in total. The fourth-order valence-electron chi connectivity index (χ4n) is 4.49. The van der Waals surface area contributed by atoms with Gasteiger partial charge in [-0.05, 0) is 40.4 Å². The zero-order valence-corrected chi connectivity index (χ0v) is 19.6. The van der Waals surface area contributed by atoms with E-state index in [1.54, 1.807) is 11.3 Å². The van der Waals surface area contributed by atoms with Crippen LogP contribution in [0.15, 0.2) is 47.2 Å². The van der Waals surface area contributed by atoms with Crippen LogP contribution in [0.2, 0.25) is 0 Å². The Morgan fingerprint density at radius 1 is 1.00 bits per heavy atom. The number of nitrogens with two attached hydrogens (primary N) is 1. The van der Waals surface area contributed by atoms with Crippen LogP contribution in [-0.2, 0) is 11.3 Å². The summed E-state index contributed by atoms with van der Waals surface area (Å²) in [6, 6.07) is 12.8. The van der Waals surface area contributed by atoms with Gasteiger partial charge in [-0.15, -0.1) is 24.8 Å². The van der Waals surface area contributed by atoms with E-state index < -0.39 is 0 Å². The van der Waals surface area contributed by atoms with Crippen LogP contribution in [0.5, 0.6) is 0 Å². The van der Waals surface area contributed by atoms with Gasteiger partial charge in [0.2, 0.25) is 5.91 Å². The standard InChI is InChI=1S/C22H30N4OS.2ClH/c23-12-20-14-25(15-21(20)19-4-2-1-3-5-19)16-22(27)26-9-7-24(8-10-26)13-18-6-11-28-17-18;;/h1-6,11,17,20-21H,7-10,12-16,23H2;2*1H/t20-,21+;;/m1../s1. The Morgan fingerprint density at radius 3 is 2.37 bits per heavy atom. The van der Waals surface area contributed by atoms with E-state index >= 15 is 0 Å². The molecule has 0 radical (unpaired) electrons. The fraction of sp³-hybridized carbons (Fsp3) is 0.500. The maximum Gasteiger partial charge on any atom is 0.236 e. The maximum atomic E-state index is 12.9. The quantitative estimate of drug-likeness (QED) is 0.704. The van der Waals surface area contributed by atoms with Crippen LogP contribution in [0.1, 0.15) is 17.0 Å². The lowest BCUT2D eigenvalue weighted by Crippen LogP contribution is -2.50. The van der Waals surface area contributed by atoms with Crippen molar-refractivity contribution in [1.82, 2.24) is 14.7 Å². The first-order valence-electron chi connectivity index (χ1n) is 10.2. The van der Waals surface area contributed by atoms with Gasteiger partial charge in [-0.25, -0.2) is 0 Å². The zero-order valence-electron chi connectivity index (χ0n) is 17.2. The molecule has 4 rings (SSSR count). The molecular weight excluding hydrogens is 439 g/mol. The van der Waals surface area contributed by atoms with Crippen LogP contribution < -0.4 is 5.73 Å². The molecule has 1 aromatic heterocycles. The Kier molecular flexibility index (Phi) is 10.1. The number of thiophene rings is 1. The van der Waals surface area contributed by atoms with Gasteiger partial charge in [0.25, 0.3) is 0 Å². The van der Waals surface area contributed by atoms with Gasteiger partial charge in [0, 0.05) is 51.7 Å². The highest BCUT2D eigenvalue weighted by Crippen LogP contribution is 2.31. The number of benzene rings is 1. The Hall–Kier alpha value is -1.15. The highest BCUT2D eigenvalue weighted by molar-refractivity contribution is 7.07. The molecule has 2 fully saturated rings. The third-order valence-electron chi connectivity index (χ3n) is 6.12. The van der Waals surface area contributed by atoms with Crippen LogP contribution in [-0.4, -0.2) is 73.0 Å². The number of halogens is 2. The van der Waals surface area contributed by atoms with E-state index in [-0.39, 0.29) is 30.7 Å². The minimum atomic E-state index is 0. The van der Waals surface area contributed by atoms with Gasteiger partial charge in [0.1, 0.15) is 0 Å². The molecule has 1 amide bonds. The van der Waals surface area contributed by atoms with Gasteiger partial charge in [-0.3, -0.25) is 14.6 Å². The summed E-state index contributed by atoms with van der Waals surface area (Å²) < 4.78 is 0. The molecule has 0 bridgehead atoms. The topological polar surface area (TPSA) is 52.8 Å². The van der Waals surface area contributed by atoms with Crippen molar-refractivity contribution in [2.75, 3.05) is 52.4 Å². The first-order valence-corrected chi connectivity index (χ1v) is 11.2. The van der Waals surface area contributed by atoms with Crippen molar-refractivity contribution in [2.45, 2.75) is 12.5 Å². The first kappa shape index (κ1) is 25.1. The van der Waals surface area contributed by atoms with E-state index in [4.69, 9.17) is 5.73 Å². The Balaban J connectivity index is 0.00000160. The summed E-state index contributed by atoms with van der Waals surface area (Å²) in [5.41, 5.74) is 8.76. The van der Waals surface area contributed by atoms with Gasteiger partial charge in [-0.2, -0.15) is 11.3 Å². The zero-order chi connectivity index (χ0) is 19.3. The summed E-state index contributed by atoms with van der Waals surface area (Å²) in [7, 11) is 0. The monoisotopic (exact) mass is 470 g/mol. The second-order valence-electron chi connectivity index (χ2n) is 8.00. The molecule has 2 aliphatic heterocycles. The van der Waals surface area contributed by atoms with Crippen LogP contribution >= 0.6 is 36.2 Å². The third-order valence-corrected chi connectivity index (χ3v) is 6.85. The SMILES string of the molecule is Cl.Cl.NC[C@@H]1CN(CC(=O)N2CCN(Cc3ccsc3)CC2)C[C@H]1c1ccccc1. The van der Waals surface area contributed by atoms with Gasteiger partial charge in [0.15, 0.2) is 0 Å². The number of amides is 1. The Bertz CT molecular complexity index is 754. The molecule has 0 saturated carbocycles. The van der Waals surface area contributed by atoms with Crippen molar-refractivity contribution in [3.05, 3.63) is 58.3 Å². The number of hydrogen-bond acceptors (Lipinski definition) is 5. The highest BCUT2D eigenvalue weighted by atomic mass is 35.5. The van der Waals surface area contributed by atoms with Gasteiger partial charge >= 0.3 is 0 Å². The second-order valence-corrected chi connectivity index (χ2v) is 8.78. The van der Waals surface area contributed by atoms with Crippen molar-refractivity contribution in [3.8, 4) is 0 Å². The van der Waals surface area contributed by atoms with Gasteiger partial charge in [-0.1, -0.05) is 30.3 Å². The molecule has 2 N–H and O–H groups in total. The van der Waals surface area contributed by atoms with E-state index in [9.17, 15) is 4.79 Å². The molecule has 0 spiro atoms.